The Balaban J connectivity index is 3.78. The Morgan fingerprint density at radius 2 is 0.944 bits per heavy atom. The van der Waals surface area contributed by atoms with Crippen LogP contribution in [0.25, 0.3) is 0 Å². The second kappa shape index (κ2) is 8.76. The third kappa shape index (κ3) is 4.34. The Morgan fingerprint density at radius 3 is 1.31 bits per heavy atom. The van der Waals surface area contributed by atoms with Gasteiger partial charge in [-0.2, -0.15) is 70.2 Å². The van der Waals surface area contributed by atoms with Gasteiger partial charge in [0.1, 0.15) is 0 Å². The van der Waals surface area contributed by atoms with Gasteiger partial charge < -0.3 is 0 Å². The average molecular weight is 589 g/mol. The molecule has 210 valence electrons. The van der Waals surface area contributed by atoms with Crippen molar-refractivity contribution < 1.29 is 83.1 Å². The first-order valence-corrected chi connectivity index (χ1v) is 9.81. The summed E-state index contributed by atoms with van der Waals surface area (Å²) < 4.78 is 249. The molecule has 0 bridgehead atoms. The van der Waals surface area contributed by atoms with E-state index in [1.807, 2.05) is 0 Å². The van der Waals surface area contributed by atoms with Crippen LogP contribution in [0, 0.1) is 0 Å². The van der Waals surface area contributed by atoms with Crippen molar-refractivity contribution >= 4 is 10.0 Å². The van der Waals surface area contributed by atoms with Crippen molar-refractivity contribution in [1.29, 1.82) is 0 Å². The molecule has 0 radical (unpaired) electrons. The summed E-state index contributed by atoms with van der Waals surface area (Å²) >= 11 is 0. The van der Waals surface area contributed by atoms with Crippen LogP contribution < -0.4 is 4.72 Å². The normalized spacial score (nSPS) is 17.1. The van der Waals surface area contributed by atoms with Gasteiger partial charge in [-0.15, -0.1) is 0 Å². The number of hydrogen-bond acceptors (Lipinski definition) is 2. The van der Waals surface area contributed by atoms with Gasteiger partial charge in [-0.3, -0.25) is 0 Å². The second-order valence-corrected chi connectivity index (χ2v) is 8.59. The number of sulfonamides is 1. The third-order valence-corrected chi connectivity index (χ3v) is 5.87. The van der Waals surface area contributed by atoms with Crippen molar-refractivity contribution in [2.24, 2.45) is 0 Å². The Hall–Kier alpha value is -2.06. The Labute approximate surface area is 188 Å². The van der Waals surface area contributed by atoms with E-state index in [1.54, 1.807) is 0 Å². The molecule has 1 N–H and O–H groups in total. The summed E-state index contributed by atoms with van der Waals surface area (Å²) in [6.07, 6.45) is -16.6. The lowest BCUT2D eigenvalue weighted by molar-refractivity contribution is -0.464. The van der Waals surface area contributed by atoms with Crippen molar-refractivity contribution in [3.63, 3.8) is 0 Å². The van der Waals surface area contributed by atoms with E-state index in [0.29, 0.717) is 4.72 Å². The summed E-state index contributed by atoms with van der Waals surface area (Å²) in [5.74, 6) is -35.0. The van der Waals surface area contributed by atoms with Gasteiger partial charge in [-0.1, -0.05) is 30.3 Å². The summed E-state index contributed by atoms with van der Waals surface area (Å²) in [4.78, 5) is 0. The van der Waals surface area contributed by atoms with E-state index in [1.165, 1.54) is 6.07 Å². The summed E-state index contributed by atoms with van der Waals surface area (Å²) in [5.41, 5.74) is -9.52. The highest BCUT2D eigenvalue weighted by atomic mass is 32.2. The van der Waals surface area contributed by atoms with Gasteiger partial charge in [-0.05, 0) is 5.56 Å². The number of nitrogens with one attached hydrogen (secondary N) is 1. The summed E-state index contributed by atoms with van der Waals surface area (Å²) in [5, 5.41) is -7.72. The summed E-state index contributed by atoms with van der Waals surface area (Å²) in [7, 11) is -7.42. The number of benzene rings is 1. The van der Waals surface area contributed by atoms with Crippen LogP contribution in [-0.4, -0.2) is 55.4 Å². The van der Waals surface area contributed by atoms with Crippen molar-refractivity contribution in [1.82, 2.24) is 4.72 Å². The second-order valence-electron chi connectivity index (χ2n) is 6.78. The maximum absolute atomic E-state index is 14.1. The van der Waals surface area contributed by atoms with Gasteiger partial charge in [0.25, 0.3) is 10.0 Å². The summed E-state index contributed by atoms with van der Waals surface area (Å²) in [6.45, 7) is -1.50. The standard InChI is InChI=1S/C15H8F17NO2S/c16-8(13(25,26)27,9(17,18)11(21,22)14(28,29)30)10(19,20)12(23,24)15(31,32)36(34,35)33-6-7-4-2-1-3-5-7/h1-5,33H,6H2. The van der Waals surface area contributed by atoms with Crippen LogP contribution in [0.5, 0.6) is 0 Å². The SMILES string of the molecule is O=S(=O)(NCc1ccccc1)C(F)(F)C(F)(F)C(F)(F)C(F)(C(F)(F)F)C(F)(F)C(F)(F)C(F)(F)F. The van der Waals surface area contributed by atoms with Gasteiger partial charge in [-0.25, -0.2) is 17.5 Å². The molecule has 0 saturated carbocycles. The molecule has 0 aliphatic carbocycles. The van der Waals surface area contributed by atoms with E-state index in [0.717, 1.165) is 24.3 Å². The quantitative estimate of drug-likeness (QED) is 0.356. The molecule has 3 nitrogen and oxygen atoms in total. The molecule has 1 aromatic rings. The Bertz CT molecular complexity index is 1030. The van der Waals surface area contributed by atoms with E-state index in [4.69, 9.17) is 0 Å². The van der Waals surface area contributed by atoms with E-state index in [9.17, 15) is 83.1 Å². The van der Waals surface area contributed by atoms with Crippen molar-refractivity contribution in [3.8, 4) is 0 Å². The molecule has 0 fully saturated rings. The van der Waals surface area contributed by atoms with Gasteiger partial charge >= 0.3 is 47.0 Å². The zero-order chi connectivity index (χ0) is 29.0. The van der Waals surface area contributed by atoms with E-state index < -0.39 is 69.1 Å². The van der Waals surface area contributed by atoms with E-state index in [-0.39, 0.29) is 0 Å². The fourth-order valence-electron chi connectivity index (χ4n) is 2.38. The first-order chi connectivity index (χ1) is 15.6. The van der Waals surface area contributed by atoms with E-state index >= 15 is 0 Å². The predicted molar refractivity (Wildman–Crippen MR) is 82.9 cm³/mol. The first kappa shape index (κ1) is 32.0. The molecule has 21 heteroatoms. The minimum absolute atomic E-state index is 0.404. The zero-order valence-corrected chi connectivity index (χ0v) is 17.1. The van der Waals surface area contributed by atoms with Crippen LogP contribution in [0.15, 0.2) is 30.3 Å². The summed E-state index contributed by atoms with van der Waals surface area (Å²) in [6, 6.07) is 5.10. The molecule has 0 aromatic heterocycles. The number of halogens is 17. The lowest BCUT2D eigenvalue weighted by Crippen LogP contribution is -2.79. The fourth-order valence-corrected chi connectivity index (χ4v) is 3.38. The topological polar surface area (TPSA) is 46.2 Å². The van der Waals surface area contributed by atoms with Gasteiger partial charge in [0.2, 0.25) is 0 Å². The molecular formula is C15H8F17NO2S. The smallest absolute Gasteiger partial charge is 0.219 e. The van der Waals surface area contributed by atoms with Crippen LogP contribution in [0.4, 0.5) is 74.6 Å². The lowest BCUT2D eigenvalue weighted by atomic mass is 9.82. The van der Waals surface area contributed by atoms with Crippen molar-refractivity contribution in [2.45, 2.75) is 53.5 Å². The van der Waals surface area contributed by atoms with Crippen LogP contribution in [0.3, 0.4) is 0 Å². The van der Waals surface area contributed by atoms with Crippen LogP contribution in [0.1, 0.15) is 5.56 Å². The number of rotatable bonds is 9. The lowest BCUT2D eigenvalue weighted by Gasteiger charge is -2.45. The van der Waals surface area contributed by atoms with Crippen LogP contribution in [-0.2, 0) is 16.6 Å². The molecule has 1 unspecified atom stereocenters. The first-order valence-electron chi connectivity index (χ1n) is 8.32. The molecule has 0 aliphatic rings. The molecule has 1 rings (SSSR count). The number of alkyl halides is 17. The molecule has 0 aliphatic heterocycles. The molecule has 0 saturated heterocycles. The van der Waals surface area contributed by atoms with Crippen LogP contribution >= 0.6 is 0 Å². The van der Waals surface area contributed by atoms with Gasteiger partial charge in [0.15, 0.2) is 0 Å². The maximum Gasteiger partial charge on any atom is 0.460 e. The molecule has 36 heavy (non-hydrogen) atoms. The Kier molecular flexibility index (Phi) is 7.78. The molecule has 1 aromatic carbocycles. The fraction of sp³-hybridized carbons (Fsp3) is 0.600. The van der Waals surface area contributed by atoms with Crippen molar-refractivity contribution in [2.75, 3.05) is 0 Å². The molecule has 0 heterocycles. The molecule has 0 spiro atoms. The van der Waals surface area contributed by atoms with Crippen molar-refractivity contribution in [3.05, 3.63) is 35.9 Å². The van der Waals surface area contributed by atoms with E-state index in [2.05, 4.69) is 0 Å². The highest BCUT2D eigenvalue weighted by Crippen LogP contribution is 2.66. The van der Waals surface area contributed by atoms with Gasteiger partial charge in [0.05, 0.1) is 0 Å². The average Bonchev–Trinajstić information content (AvgIpc) is 2.69. The third-order valence-electron chi connectivity index (χ3n) is 4.41. The Morgan fingerprint density at radius 1 is 0.556 bits per heavy atom. The minimum atomic E-state index is -9.12. The van der Waals surface area contributed by atoms with Gasteiger partial charge in [0, 0.05) is 6.54 Å². The molecule has 0 amide bonds. The predicted octanol–water partition coefficient (Wildman–Crippen LogP) is 6.07. The number of hydrogen-bond donors (Lipinski definition) is 1. The molecule has 1 atom stereocenters. The largest absolute Gasteiger partial charge is 0.460 e. The maximum atomic E-state index is 14.1. The minimum Gasteiger partial charge on any atom is -0.219 e. The van der Waals surface area contributed by atoms with Crippen LogP contribution in [0.2, 0.25) is 0 Å². The monoisotopic (exact) mass is 589 g/mol. The molecular weight excluding hydrogens is 581 g/mol. The highest BCUT2D eigenvalue weighted by molar-refractivity contribution is 7.90. The zero-order valence-electron chi connectivity index (χ0n) is 16.2. The highest BCUT2D eigenvalue weighted by Gasteiger charge is 2.99.